The minimum Gasteiger partial charge on any atom is -0.543 e. The van der Waals surface area contributed by atoms with Crippen molar-refractivity contribution < 1.29 is 37.0 Å². The zero-order valence-electron chi connectivity index (χ0n) is 38.5. The molecule has 55 heavy (non-hydrogen) atoms. The van der Waals surface area contributed by atoms with Gasteiger partial charge in [0.1, 0.15) is 41.0 Å². The van der Waals surface area contributed by atoms with Gasteiger partial charge in [-0.15, -0.1) is 0 Å². The highest BCUT2D eigenvalue weighted by Gasteiger charge is 2.47. The second-order valence-electron chi connectivity index (χ2n) is 21.5. The van der Waals surface area contributed by atoms with E-state index in [2.05, 4.69) is 135 Å². The molecule has 3 rings (SSSR count). The summed E-state index contributed by atoms with van der Waals surface area (Å²) in [5, 5.41) is 12.3. The number of benzene rings is 2. The molecule has 2 aromatic rings. The lowest BCUT2D eigenvalue weighted by Crippen LogP contribution is -2.46. The molecule has 0 unspecified atom stereocenters. The zero-order valence-corrected chi connectivity index (χ0v) is 42.5. The molecule has 0 saturated carbocycles. The molecule has 3 atom stereocenters. The van der Waals surface area contributed by atoms with Crippen molar-refractivity contribution in [3.05, 3.63) is 41.5 Å². The molecule has 12 heteroatoms. The third kappa shape index (κ3) is 11.0. The first-order chi connectivity index (χ1) is 24.7. The monoisotopic (exact) mass is 834 g/mol. The van der Waals surface area contributed by atoms with Crippen LogP contribution in [0, 0.1) is 0 Å². The molecule has 314 valence electrons. The summed E-state index contributed by atoms with van der Waals surface area (Å²) in [5.41, 5.74) is 1.47. The fourth-order valence-corrected chi connectivity index (χ4v) is 9.14. The number of hydrogen-bond acceptors (Lipinski definition) is 8. The third-order valence-corrected chi connectivity index (χ3v) is 30.3. The van der Waals surface area contributed by atoms with Gasteiger partial charge in [-0.1, -0.05) is 89.2 Å². The molecule has 1 heterocycles. The van der Waals surface area contributed by atoms with E-state index in [1.165, 1.54) is 0 Å². The Labute approximate surface area is 339 Å². The first-order valence-corrected chi connectivity index (χ1v) is 31.9. The average molecular weight is 835 g/mol. The second-order valence-corrected chi connectivity index (χ2v) is 40.4. The normalized spacial score (nSPS) is 19.1. The van der Waals surface area contributed by atoms with Crippen molar-refractivity contribution in [2.45, 2.75) is 181 Å². The van der Waals surface area contributed by atoms with Crippen molar-refractivity contribution in [3.8, 4) is 28.7 Å². The lowest BCUT2D eigenvalue weighted by Gasteiger charge is -2.42. The minimum absolute atomic E-state index is 0.00721. The molecule has 0 spiro atoms. The standard InChI is InChI=1S/C43H78O8Si4/c1-22-45-25-26-46-39-36-34(28-31(48-52(14,15)40(2,3)4)29-35(36)51-55(20,21)43(11,12)13)47-38(37(39)44)30-23-24-32(49-53(16,17)41(5,6)7)33(27-30)50-54(18,19)42(8,9)10/h23-24,27-29,37-39,44H,22,25-26H2,1-21H3/t37-,38-,39+/m1/s1. The predicted molar refractivity (Wildman–Crippen MR) is 239 cm³/mol. The van der Waals surface area contributed by atoms with Crippen LogP contribution >= 0.6 is 0 Å². The summed E-state index contributed by atoms with van der Waals surface area (Å²) in [7, 11) is -9.16. The fourth-order valence-electron chi connectivity index (χ4n) is 5.06. The Morgan fingerprint density at radius 2 is 1.04 bits per heavy atom. The van der Waals surface area contributed by atoms with Gasteiger partial charge in [0, 0.05) is 18.7 Å². The Kier molecular flexibility index (Phi) is 14.2. The molecule has 0 bridgehead atoms. The summed E-state index contributed by atoms with van der Waals surface area (Å²) >= 11 is 0. The lowest BCUT2D eigenvalue weighted by molar-refractivity contribution is -0.110. The molecule has 2 aromatic carbocycles. The van der Waals surface area contributed by atoms with Gasteiger partial charge in [-0.2, -0.15) is 0 Å². The van der Waals surface area contributed by atoms with Crippen LogP contribution in [0.3, 0.4) is 0 Å². The summed E-state index contributed by atoms with van der Waals surface area (Å²) in [6, 6.07) is 9.97. The van der Waals surface area contributed by atoms with Crippen molar-refractivity contribution in [3.63, 3.8) is 0 Å². The van der Waals surface area contributed by atoms with E-state index in [0.29, 0.717) is 48.4 Å². The van der Waals surface area contributed by atoms with Gasteiger partial charge < -0.3 is 37.0 Å². The zero-order chi connectivity index (χ0) is 42.4. The van der Waals surface area contributed by atoms with Gasteiger partial charge in [0.2, 0.25) is 16.6 Å². The first kappa shape index (κ1) is 47.6. The van der Waals surface area contributed by atoms with Crippen LogP contribution in [0.5, 0.6) is 28.7 Å². The molecule has 0 aromatic heterocycles. The number of rotatable bonds is 14. The van der Waals surface area contributed by atoms with E-state index in [0.717, 1.165) is 11.3 Å². The molecule has 0 radical (unpaired) electrons. The second kappa shape index (κ2) is 16.4. The molecule has 0 fully saturated rings. The van der Waals surface area contributed by atoms with Gasteiger partial charge in [-0.3, -0.25) is 0 Å². The summed E-state index contributed by atoms with van der Waals surface area (Å²) < 4.78 is 47.2. The van der Waals surface area contributed by atoms with Crippen molar-refractivity contribution in [1.29, 1.82) is 0 Å². The van der Waals surface area contributed by atoms with Gasteiger partial charge in [0.25, 0.3) is 16.6 Å². The van der Waals surface area contributed by atoms with Crippen molar-refractivity contribution in [1.82, 2.24) is 0 Å². The van der Waals surface area contributed by atoms with E-state index >= 15 is 0 Å². The highest BCUT2D eigenvalue weighted by Crippen LogP contribution is 2.53. The topological polar surface area (TPSA) is 84.8 Å². The summed E-state index contributed by atoms with van der Waals surface area (Å²) in [6.45, 7) is 48.0. The Morgan fingerprint density at radius 3 is 1.51 bits per heavy atom. The largest absolute Gasteiger partial charge is 0.543 e. The molecule has 8 nitrogen and oxygen atoms in total. The van der Waals surface area contributed by atoms with Crippen molar-refractivity contribution in [2.75, 3.05) is 19.8 Å². The maximum atomic E-state index is 12.4. The molecule has 1 N–H and O–H groups in total. The van der Waals surface area contributed by atoms with E-state index in [1.807, 2.05) is 37.3 Å². The highest BCUT2D eigenvalue weighted by molar-refractivity contribution is 6.76. The molecular formula is C43H78O8Si4. The van der Waals surface area contributed by atoms with E-state index in [1.54, 1.807) is 0 Å². The van der Waals surface area contributed by atoms with Gasteiger partial charge in [-0.25, -0.2) is 0 Å². The average Bonchev–Trinajstić information content (AvgIpc) is 2.98. The van der Waals surface area contributed by atoms with Crippen LogP contribution in [0.2, 0.25) is 72.5 Å². The number of ether oxygens (including phenoxy) is 3. The number of fused-ring (bicyclic) bond motifs is 1. The van der Waals surface area contributed by atoms with E-state index in [4.69, 9.17) is 31.9 Å². The Balaban J connectivity index is 2.32. The molecule has 1 aliphatic rings. The van der Waals surface area contributed by atoms with Crippen molar-refractivity contribution >= 4 is 33.3 Å². The Morgan fingerprint density at radius 1 is 0.582 bits per heavy atom. The smallest absolute Gasteiger partial charge is 0.250 e. The summed E-state index contributed by atoms with van der Waals surface area (Å²) in [4.78, 5) is 0. The maximum Gasteiger partial charge on any atom is 0.250 e. The summed E-state index contributed by atoms with van der Waals surface area (Å²) in [6.07, 6.45) is -2.61. The van der Waals surface area contributed by atoms with Gasteiger partial charge in [0.15, 0.2) is 6.10 Å². The van der Waals surface area contributed by atoms with Crippen LogP contribution in [-0.4, -0.2) is 64.3 Å². The SMILES string of the molecule is CCOCCO[C@H]1c2c(cc(O[Si](C)(C)C(C)(C)C)cc2O[Si](C)(C)C(C)(C)C)O[C@H](c2ccc(O[Si](C)(C)C(C)(C)C)c(O[Si](C)(C)C(C)(C)C)c2)[C@H]1O. The van der Waals surface area contributed by atoms with Gasteiger partial charge in [-0.05, 0) is 97.1 Å². The van der Waals surface area contributed by atoms with Crippen LogP contribution in [0.15, 0.2) is 30.3 Å². The molecule has 0 saturated heterocycles. The molecule has 0 aliphatic carbocycles. The van der Waals surface area contributed by atoms with Crippen molar-refractivity contribution in [2.24, 2.45) is 0 Å². The lowest BCUT2D eigenvalue weighted by atomic mass is 9.91. The number of aliphatic hydroxyl groups excluding tert-OH is 1. The quantitative estimate of drug-likeness (QED) is 0.149. The number of hydrogen-bond donors (Lipinski definition) is 1. The van der Waals surface area contributed by atoms with E-state index in [-0.39, 0.29) is 20.2 Å². The molecule has 1 aliphatic heterocycles. The fraction of sp³-hybridized carbons (Fsp3) is 0.721. The van der Waals surface area contributed by atoms with Crippen LogP contribution in [0.4, 0.5) is 0 Å². The van der Waals surface area contributed by atoms with Crippen LogP contribution in [0.1, 0.15) is 113 Å². The van der Waals surface area contributed by atoms with E-state index in [9.17, 15) is 5.11 Å². The number of aliphatic hydroxyl groups is 1. The van der Waals surface area contributed by atoms with Gasteiger partial charge >= 0.3 is 0 Å². The molecular weight excluding hydrogens is 757 g/mol. The first-order valence-electron chi connectivity index (χ1n) is 20.3. The van der Waals surface area contributed by atoms with Crippen LogP contribution in [0.25, 0.3) is 0 Å². The molecule has 0 amide bonds. The minimum atomic E-state index is -2.37. The maximum absolute atomic E-state index is 12.4. The highest BCUT2D eigenvalue weighted by atomic mass is 28.4. The van der Waals surface area contributed by atoms with Gasteiger partial charge in [0.05, 0.1) is 18.8 Å². The van der Waals surface area contributed by atoms with Crippen LogP contribution in [-0.2, 0) is 9.47 Å². The third-order valence-electron chi connectivity index (χ3n) is 13.0. The Hall–Kier alpha value is -1.81. The Bertz CT molecular complexity index is 1610. The van der Waals surface area contributed by atoms with E-state index < -0.39 is 51.6 Å². The predicted octanol–water partition coefficient (Wildman–Crippen LogP) is 12.8. The van der Waals surface area contributed by atoms with Crippen LogP contribution < -0.4 is 22.4 Å². The summed E-state index contributed by atoms with van der Waals surface area (Å²) in [5.74, 6) is 3.32.